The van der Waals surface area contributed by atoms with Gasteiger partial charge in [0.05, 0.1) is 21.3 Å². The Bertz CT molecular complexity index is 667. The Morgan fingerprint density at radius 2 is 1.52 bits per heavy atom. The van der Waals surface area contributed by atoms with Crippen LogP contribution in [0, 0.1) is 0 Å². The van der Waals surface area contributed by atoms with Gasteiger partial charge in [-0.2, -0.15) is 0 Å². The van der Waals surface area contributed by atoms with Crippen molar-refractivity contribution in [3.63, 3.8) is 0 Å². The molecule has 0 saturated heterocycles. The Morgan fingerprint density at radius 3 is 2.13 bits per heavy atom. The third kappa shape index (κ3) is 3.42. The normalized spacial score (nSPS) is 14.2. The summed E-state index contributed by atoms with van der Waals surface area (Å²) >= 11 is 0. The van der Waals surface area contributed by atoms with Crippen LogP contribution in [0.3, 0.4) is 0 Å². The Morgan fingerprint density at radius 1 is 0.870 bits per heavy atom. The number of hydrogen-bond acceptors (Lipinski definition) is 4. The summed E-state index contributed by atoms with van der Waals surface area (Å²) < 4.78 is 16.0. The third-order valence-corrected chi connectivity index (χ3v) is 4.36. The van der Waals surface area contributed by atoms with Crippen LogP contribution in [0.2, 0.25) is 0 Å². The van der Waals surface area contributed by atoms with E-state index in [1.54, 1.807) is 21.3 Å². The van der Waals surface area contributed by atoms with Gasteiger partial charge in [0, 0.05) is 19.6 Å². The van der Waals surface area contributed by atoms with Gasteiger partial charge in [0.1, 0.15) is 5.75 Å². The lowest BCUT2D eigenvalue weighted by Crippen LogP contribution is -2.30. The highest BCUT2D eigenvalue weighted by molar-refractivity contribution is 5.48. The van der Waals surface area contributed by atoms with Gasteiger partial charge in [-0.05, 0) is 47.4 Å². The molecule has 122 valence electrons. The van der Waals surface area contributed by atoms with Gasteiger partial charge in [-0.15, -0.1) is 0 Å². The van der Waals surface area contributed by atoms with E-state index in [1.807, 2.05) is 12.1 Å². The van der Waals surface area contributed by atoms with E-state index in [0.29, 0.717) is 0 Å². The van der Waals surface area contributed by atoms with Crippen molar-refractivity contribution < 1.29 is 14.2 Å². The molecule has 4 nitrogen and oxygen atoms in total. The van der Waals surface area contributed by atoms with E-state index in [-0.39, 0.29) is 0 Å². The van der Waals surface area contributed by atoms with Gasteiger partial charge in [-0.1, -0.05) is 12.1 Å². The van der Waals surface area contributed by atoms with Crippen LogP contribution in [-0.4, -0.2) is 32.8 Å². The third-order valence-electron chi connectivity index (χ3n) is 4.36. The Kier molecular flexibility index (Phi) is 4.72. The van der Waals surface area contributed by atoms with Crippen molar-refractivity contribution in [1.29, 1.82) is 0 Å². The monoisotopic (exact) mass is 313 g/mol. The molecule has 0 saturated carbocycles. The summed E-state index contributed by atoms with van der Waals surface area (Å²) in [4.78, 5) is 2.45. The summed E-state index contributed by atoms with van der Waals surface area (Å²) in [5, 5.41) is 0. The summed E-state index contributed by atoms with van der Waals surface area (Å²) in [5.74, 6) is 2.52. The fraction of sp³-hybridized carbons (Fsp3) is 0.368. The molecule has 1 aliphatic rings. The number of benzene rings is 2. The molecule has 0 spiro atoms. The highest BCUT2D eigenvalue weighted by Crippen LogP contribution is 2.33. The highest BCUT2D eigenvalue weighted by Gasteiger charge is 2.19. The molecule has 0 aromatic heterocycles. The molecule has 23 heavy (non-hydrogen) atoms. The maximum absolute atomic E-state index is 5.42. The van der Waals surface area contributed by atoms with Crippen LogP contribution in [0.1, 0.15) is 16.7 Å². The van der Waals surface area contributed by atoms with Crippen molar-refractivity contribution in [3.05, 3.63) is 53.1 Å². The van der Waals surface area contributed by atoms with E-state index in [1.165, 1.54) is 16.7 Å². The van der Waals surface area contributed by atoms with Crippen LogP contribution >= 0.6 is 0 Å². The SMILES string of the molecule is COc1ccc(CN2CCc3cc(OC)c(OC)cc3C2)cc1. The van der Waals surface area contributed by atoms with E-state index >= 15 is 0 Å². The number of rotatable bonds is 5. The number of ether oxygens (including phenoxy) is 3. The molecular formula is C19H23NO3. The second-order valence-electron chi connectivity index (χ2n) is 5.78. The van der Waals surface area contributed by atoms with Gasteiger partial charge >= 0.3 is 0 Å². The maximum Gasteiger partial charge on any atom is 0.161 e. The first kappa shape index (κ1) is 15.7. The lowest BCUT2D eigenvalue weighted by atomic mass is 9.98. The number of hydrogen-bond donors (Lipinski definition) is 0. The van der Waals surface area contributed by atoms with Gasteiger partial charge in [-0.25, -0.2) is 0 Å². The van der Waals surface area contributed by atoms with Crippen molar-refractivity contribution in [2.24, 2.45) is 0 Å². The minimum Gasteiger partial charge on any atom is -0.497 e. The quantitative estimate of drug-likeness (QED) is 0.848. The molecule has 0 atom stereocenters. The molecule has 0 fully saturated rings. The molecule has 1 heterocycles. The minimum atomic E-state index is 0.803. The van der Waals surface area contributed by atoms with Crippen LogP contribution in [0.4, 0.5) is 0 Å². The first-order valence-electron chi connectivity index (χ1n) is 7.82. The largest absolute Gasteiger partial charge is 0.497 e. The van der Waals surface area contributed by atoms with E-state index in [2.05, 4.69) is 29.2 Å². The first-order valence-corrected chi connectivity index (χ1v) is 7.82. The zero-order valence-corrected chi connectivity index (χ0v) is 14.0. The lowest BCUT2D eigenvalue weighted by Gasteiger charge is -2.29. The Hall–Kier alpha value is -2.20. The number of fused-ring (bicyclic) bond motifs is 1. The average molecular weight is 313 g/mol. The summed E-state index contributed by atoms with van der Waals surface area (Å²) in [7, 11) is 5.06. The van der Waals surface area contributed by atoms with Crippen molar-refractivity contribution in [1.82, 2.24) is 4.90 Å². The zero-order chi connectivity index (χ0) is 16.2. The fourth-order valence-corrected chi connectivity index (χ4v) is 3.07. The van der Waals surface area contributed by atoms with E-state index in [9.17, 15) is 0 Å². The number of nitrogens with zero attached hydrogens (tertiary/aromatic N) is 1. The topological polar surface area (TPSA) is 30.9 Å². The van der Waals surface area contributed by atoms with E-state index in [4.69, 9.17) is 14.2 Å². The van der Waals surface area contributed by atoms with Crippen LogP contribution in [0.15, 0.2) is 36.4 Å². The molecule has 1 aliphatic heterocycles. The molecule has 0 aliphatic carbocycles. The molecule has 2 aromatic rings. The minimum absolute atomic E-state index is 0.803. The smallest absolute Gasteiger partial charge is 0.161 e. The second-order valence-corrected chi connectivity index (χ2v) is 5.78. The Balaban J connectivity index is 1.74. The van der Waals surface area contributed by atoms with Gasteiger partial charge < -0.3 is 14.2 Å². The maximum atomic E-state index is 5.42. The standard InChI is InChI=1S/C19H23NO3/c1-21-17-6-4-14(5-7-17)12-20-9-8-15-10-18(22-2)19(23-3)11-16(15)13-20/h4-7,10-11H,8-9,12-13H2,1-3H3. The predicted molar refractivity (Wildman–Crippen MR) is 90.4 cm³/mol. The average Bonchev–Trinajstić information content (AvgIpc) is 2.61. The highest BCUT2D eigenvalue weighted by atomic mass is 16.5. The lowest BCUT2D eigenvalue weighted by molar-refractivity contribution is 0.244. The molecule has 3 rings (SSSR count). The summed E-state index contributed by atoms with van der Waals surface area (Å²) in [6.45, 7) is 2.92. The summed E-state index contributed by atoms with van der Waals surface area (Å²) in [6.07, 6.45) is 1.03. The molecule has 0 amide bonds. The second kappa shape index (κ2) is 6.92. The predicted octanol–water partition coefficient (Wildman–Crippen LogP) is 3.27. The van der Waals surface area contributed by atoms with Gasteiger partial charge in [0.15, 0.2) is 11.5 Å². The molecule has 2 aromatic carbocycles. The van der Waals surface area contributed by atoms with Crippen molar-refractivity contribution in [2.45, 2.75) is 19.5 Å². The first-order chi connectivity index (χ1) is 11.2. The molecule has 0 N–H and O–H groups in total. The van der Waals surface area contributed by atoms with Crippen LogP contribution in [-0.2, 0) is 19.5 Å². The molecule has 4 heteroatoms. The Labute approximate surface area is 137 Å². The van der Waals surface area contributed by atoms with Crippen molar-refractivity contribution >= 4 is 0 Å². The van der Waals surface area contributed by atoms with Crippen LogP contribution < -0.4 is 14.2 Å². The molecule has 0 bridgehead atoms. The van der Waals surface area contributed by atoms with Gasteiger partial charge in [0.2, 0.25) is 0 Å². The van der Waals surface area contributed by atoms with E-state index < -0.39 is 0 Å². The van der Waals surface area contributed by atoms with E-state index in [0.717, 1.165) is 43.3 Å². The number of methoxy groups -OCH3 is 3. The molecule has 0 radical (unpaired) electrons. The zero-order valence-electron chi connectivity index (χ0n) is 14.0. The molecular weight excluding hydrogens is 290 g/mol. The van der Waals surface area contributed by atoms with Crippen molar-refractivity contribution in [2.75, 3.05) is 27.9 Å². The fourth-order valence-electron chi connectivity index (χ4n) is 3.07. The van der Waals surface area contributed by atoms with Gasteiger partial charge in [-0.3, -0.25) is 4.90 Å². The van der Waals surface area contributed by atoms with Crippen LogP contribution in [0.25, 0.3) is 0 Å². The summed E-state index contributed by atoms with van der Waals surface area (Å²) in [5.41, 5.74) is 3.98. The molecule has 0 unspecified atom stereocenters. The van der Waals surface area contributed by atoms with Crippen molar-refractivity contribution in [3.8, 4) is 17.2 Å². The summed E-state index contributed by atoms with van der Waals surface area (Å²) in [6, 6.07) is 12.5. The van der Waals surface area contributed by atoms with Crippen LogP contribution in [0.5, 0.6) is 17.2 Å². The van der Waals surface area contributed by atoms with Gasteiger partial charge in [0.25, 0.3) is 0 Å².